The fourth-order valence-corrected chi connectivity index (χ4v) is 3.58. The Balaban J connectivity index is 1.86. The molecule has 3 heteroatoms. The van der Waals surface area contributed by atoms with Gasteiger partial charge in [-0.25, -0.2) is 0 Å². The number of carboxylic acid groups (broad SMARTS) is 1. The highest BCUT2D eigenvalue weighted by Gasteiger charge is 2.44. The molecule has 2 aliphatic rings. The Kier molecular flexibility index (Phi) is 4.31. The third-order valence-electron chi connectivity index (χ3n) is 4.94. The van der Waals surface area contributed by atoms with Crippen molar-refractivity contribution in [2.75, 3.05) is 19.6 Å². The standard InChI is InChI=1S/C15H27NO2/c1-3-4-13-9-16(10-13)11-15(14(17)18)7-5-12(2)6-8-15/h12-13H,3-11H2,1-2H3,(H,17,18). The van der Waals surface area contributed by atoms with E-state index in [1.807, 2.05) is 0 Å². The molecule has 2 fully saturated rings. The highest BCUT2D eigenvalue weighted by Crippen LogP contribution is 2.41. The van der Waals surface area contributed by atoms with Gasteiger partial charge in [-0.3, -0.25) is 4.79 Å². The summed E-state index contributed by atoms with van der Waals surface area (Å²) < 4.78 is 0. The molecule has 0 aromatic heterocycles. The minimum Gasteiger partial charge on any atom is -0.481 e. The van der Waals surface area contributed by atoms with E-state index >= 15 is 0 Å². The van der Waals surface area contributed by atoms with Crippen molar-refractivity contribution < 1.29 is 9.90 Å². The van der Waals surface area contributed by atoms with Crippen LogP contribution in [0.2, 0.25) is 0 Å². The van der Waals surface area contributed by atoms with Crippen LogP contribution in [0.3, 0.4) is 0 Å². The van der Waals surface area contributed by atoms with Crippen molar-refractivity contribution in [1.82, 2.24) is 4.90 Å². The number of carbonyl (C=O) groups is 1. The smallest absolute Gasteiger partial charge is 0.310 e. The molecule has 1 N–H and O–H groups in total. The maximum Gasteiger partial charge on any atom is 0.310 e. The molecule has 0 radical (unpaired) electrons. The Morgan fingerprint density at radius 3 is 2.44 bits per heavy atom. The van der Waals surface area contributed by atoms with Crippen molar-refractivity contribution in [1.29, 1.82) is 0 Å². The predicted molar refractivity (Wildman–Crippen MR) is 72.5 cm³/mol. The lowest BCUT2D eigenvalue weighted by Gasteiger charge is -2.46. The zero-order valence-electron chi connectivity index (χ0n) is 11.8. The molecule has 3 nitrogen and oxygen atoms in total. The van der Waals surface area contributed by atoms with Crippen LogP contribution in [-0.2, 0) is 4.79 Å². The second-order valence-corrected chi connectivity index (χ2v) is 6.62. The molecule has 1 aliphatic carbocycles. The van der Waals surface area contributed by atoms with E-state index in [0.29, 0.717) is 5.92 Å². The quantitative estimate of drug-likeness (QED) is 0.819. The van der Waals surface area contributed by atoms with Gasteiger partial charge in [0.1, 0.15) is 0 Å². The van der Waals surface area contributed by atoms with E-state index in [9.17, 15) is 9.90 Å². The molecule has 0 atom stereocenters. The number of aliphatic carboxylic acids is 1. The van der Waals surface area contributed by atoms with Gasteiger partial charge in [0.25, 0.3) is 0 Å². The Labute approximate surface area is 111 Å². The fourth-order valence-electron chi connectivity index (χ4n) is 3.58. The molecule has 1 aliphatic heterocycles. The van der Waals surface area contributed by atoms with E-state index in [1.165, 1.54) is 12.8 Å². The maximum absolute atomic E-state index is 11.6. The van der Waals surface area contributed by atoms with Crippen molar-refractivity contribution in [3.8, 4) is 0 Å². The van der Waals surface area contributed by atoms with E-state index < -0.39 is 11.4 Å². The zero-order valence-corrected chi connectivity index (χ0v) is 11.8. The normalized spacial score (nSPS) is 34.2. The van der Waals surface area contributed by atoms with E-state index in [2.05, 4.69) is 18.7 Å². The number of carboxylic acids is 1. The van der Waals surface area contributed by atoms with Gasteiger partial charge < -0.3 is 10.0 Å². The molecule has 0 aromatic carbocycles. The summed E-state index contributed by atoms with van der Waals surface area (Å²) in [6.07, 6.45) is 6.46. The van der Waals surface area contributed by atoms with Crippen molar-refractivity contribution in [2.45, 2.75) is 52.4 Å². The number of hydrogen-bond acceptors (Lipinski definition) is 2. The number of likely N-dealkylation sites (tertiary alicyclic amines) is 1. The lowest BCUT2D eigenvalue weighted by atomic mass is 9.70. The van der Waals surface area contributed by atoms with Crippen LogP contribution in [0.5, 0.6) is 0 Å². The van der Waals surface area contributed by atoms with Crippen molar-refractivity contribution in [3.05, 3.63) is 0 Å². The summed E-state index contributed by atoms with van der Waals surface area (Å²) in [7, 11) is 0. The molecular formula is C15H27NO2. The van der Waals surface area contributed by atoms with E-state index in [0.717, 1.165) is 51.2 Å². The van der Waals surface area contributed by atoms with Gasteiger partial charge >= 0.3 is 5.97 Å². The van der Waals surface area contributed by atoms with Gasteiger partial charge in [0.05, 0.1) is 5.41 Å². The van der Waals surface area contributed by atoms with Crippen LogP contribution in [0.1, 0.15) is 52.4 Å². The van der Waals surface area contributed by atoms with Crippen LogP contribution in [0.4, 0.5) is 0 Å². The van der Waals surface area contributed by atoms with Crippen LogP contribution in [-0.4, -0.2) is 35.6 Å². The minimum absolute atomic E-state index is 0.441. The van der Waals surface area contributed by atoms with Gasteiger partial charge in [-0.1, -0.05) is 20.3 Å². The molecule has 2 rings (SSSR count). The maximum atomic E-state index is 11.6. The van der Waals surface area contributed by atoms with Crippen LogP contribution < -0.4 is 0 Å². The topological polar surface area (TPSA) is 40.5 Å². The second kappa shape index (κ2) is 5.60. The Morgan fingerprint density at radius 1 is 1.33 bits per heavy atom. The average Bonchev–Trinajstić information content (AvgIpc) is 2.29. The van der Waals surface area contributed by atoms with Gasteiger partial charge in [0.2, 0.25) is 0 Å². The fraction of sp³-hybridized carbons (Fsp3) is 0.933. The van der Waals surface area contributed by atoms with Crippen molar-refractivity contribution in [3.63, 3.8) is 0 Å². The highest BCUT2D eigenvalue weighted by atomic mass is 16.4. The van der Waals surface area contributed by atoms with Crippen LogP contribution in [0, 0.1) is 17.3 Å². The molecular weight excluding hydrogens is 226 g/mol. The van der Waals surface area contributed by atoms with Crippen LogP contribution in [0.25, 0.3) is 0 Å². The molecule has 1 saturated heterocycles. The molecule has 0 amide bonds. The second-order valence-electron chi connectivity index (χ2n) is 6.62. The first-order valence-corrected chi connectivity index (χ1v) is 7.51. The molecule has 104 valence electrons. The van der Waals surface area contributed by atoms with E-state index in [4.69, 9.17) is 0 Å². The molecule has 1 heterocycles. The summed E-state index contributed by atoms with van der Waals surface area (Å²) in [4.78, 5) is 14.0. The first kappa shape index (κ1) is 13.9. The summed E-state index contributed by atoms with van der Waals surface area (Å²) in [6, 6.07) is 0. The molecule has 18 heavy (non-hydrogen) atoms. The Bertz CT molecular complexity index is 289. The molecule has 0 bridgehead atoms. The number of hydrogen-bond donors (Lipinski definition) is 1. The predicted octanol–water partition coefficient (Wildman–Crippen LogP) is 3.00. The monoisotopic (exact) mass is 253 g/mol. The summed E-state index contributed by atoms with van der Waals surface area (Å²) >= 11 is 0. The van der Waals surface area contributed by atoms with Crippen LogP contribution in [0.15, 0.2) is 0 Å². The molecule has 0 aromatic rings. The zero-order chi connectivity index (χ0) is 13.2. The molecule has 0 spiro atoms. The number of nitrogens with zero attached hydrogens (tertiary/aromatic N) is 1. The average molecular weight is 253 g/mol. The largest absolute Gasteiger partial charge is 0.481 e. The SMILES string of the molecule is CCCC1CN(CC2(C(=O)O)CCC(C)CC2)C1. The van der Waals surface area contributed by atoms with Gasteiger partial charge in [-0.05, 0) is 43.9 Å². The summed E-state index contributed by atoms with van der Waals surface area (Å²) in [5, 5.41) is 9.59. The molecule has 0 unspecified atom stereocenters. The van der Waals surface area contributed by atoms with E-state index in [-0.39, 0.29) is 0 Å². The van der Waals surface area contributed by atoms with Crippen molar-refractivity contribution >= 4 is 5.97 Å². The van der Waals surface area contributed by atoms with Crippen molar-refractivity contribution in [2.24, 2.45) is 17.3 Å². The van der Waals surface area contributed by atoms with Gasteiger partial charge in [0.15, 0.2) is 0 Å². The first-order chi connectivity index (χ1) is 8.55. The lowest BCUT2D eigenvalue weighted by Crippen LogP contribution is -2.54. The van der Waals surface area contributed by atoms with E-state index in [1.54, 1.807) is 0 Å². The van der Waals surface area contributed by atoms with Gasteiger partial charge in [0, 0.05) is 19.6 Å². The lowest BCUT2D eigenvalue weighted by molar-refractivity contribution is -0.154. The highest BCUT2D eigenvalue weighted by molar-refractivity contribution is 5.75. The third-order valence-corrected chi connectivity index (χ3v) is 4.94. The molecule has 1 saturated carbocycles. The number of rotatable bonds is 5. The minimum atomic E-state index is -0.562. The van der Waals surface area contributed by atoms with Gasteiger partial charge in [-0.2, -0.15) is 0 Å². The Hall–Kier alpha value is -0.570. The summed E-state index contributed by atoms with van der Waals surface area (Å²) in [6.45, 7) is 7.50. The first-order valence-electron chi connectivity index (χ1n) is 7.51. The third kappa shape index (κ3) is 2.87. The summed E-state index contributed by atoms with van der Waals surface area (Å²) in [5.41, 5.74) is -0.441. The Morgan fingerprint density at radius 2 is 1.94 bits per heavy atom. The summed E-state index contributed by atoms with van der Waals surface area (Å²) in [5.74, 6) is 0.971. The van der Waals surface area contributed by atoms with Gasteiger partial charge in [-0.15, -0.1) is 0 Å². The van der Waals surface area contributed by atoms with Crippen LogP contribution >= 0.6 is 0 Å².